The molecule has 0 saturated heterocycles. The molecule has 5 nitrogen and oxygen atoms in total. The van der Waals surface area contributed by atoms with E-state index < -0.39 is 0 Å². The summed E-state index contributed by atoms with van der Waals surface area (Å²) in [4.78, 5) is 29.2. The number of hydrogen-bond donors (Lipinski definition) is 1. The SMILES string of the molecule is Cc1cc(CN2CCc3c(nc(-c4ccncc4)[nH]c3=O)C2)sc1C. The lowest BCUT2D eigenvalue weighted by Gasteiger charge is -2.27. The normalized spacial score (nSPS) is 14.5. The molecule has 1 aliphatic rings. The average molecular weight is 352 g/mol. The van der Waals surface area contributed by atoms with Crippen LogP contribution in [-0.2, 0) is 19.5 Å². The average Bonchev–Trinajstić information content (AvgIpc) is 2.92. The van der Waals surface area contributed by atoms with Crippen molar-refractivity contribution in [1.82, 2.24) is 19.9 Å². The molecule has 0 saturated carbocycles. The molecule has 0 fully saturated rings. The third-order valence-electron chi connectivity index (χ3n) is 4.70. The van der Waals surface area contributed by atoms with Crippen molar-refractivity contribution in [2.45, 2.75) is 33.4 Å². The van der Waals surface area contributed by atoms with Gasteiger partial charge in [-0.2, -0.15) is 0 Å². The number of aryl methyl sites for hydroxylation is 2. The maximum atomic E-state index is 12.4. The Hall–Kier alpha value is -2.31. The number of thiophene rings is 1. The van der Waals surface area contributed by atoms with E-state index in [1.807, 2.05) is 23.5 Å². The molecule has 3 aromatic rings. The van der Waals surface area contributed by atoms with Crippen LogP contribution in [0.1, 0.15) is 26.6 Å². The number of pyridine rings is 1. The van der Waals surface area contributed by atoms with Gasteiger partial charge in [-0.15, -0.1) is 11.3 Å². The maximum absolute atomic E-state index is 12.4. The standard InChI is InChI=1S/C19H20N4OS/c1-12-9-15(25-13(12)2)10-23-8-5-16-17(11-23)21-18(22-19(16)24)14-3-6-20-7-4-14/h3-4,6-7,9H,5,8,10-11H2,1-2H3,(H,21,22,24). The van der Waals surface area contributed by atoms with E-state index in [9.17, 15) is 4.79 Å². The molecule has 0 bridgehead atoms. The number of hydrogen-bond acceptors (Lipinski definition) is 5. The Morgan fingerprint density at radius 1 is 1.28 bits per heavy atom. The first-order valence-corrected chi connectivity index (χ1v) is 9.22. The van der Waals surface area contributed by atoms with Crippen molar-refractivity contribution in [2.75, 3.05) is 6.54 Å². The molecule has 128 valence electrons. The molecule has 4 heterocycles. The fraction of sp³-hybridized carbons (Fsp3) is 0.316. The molecule has 25 heavy (non-hydrogen) atoms. The van der Waals surface area contributed by atoms with Crippen molar-refractivity contribution in [2.24, 2.45) is 0 Å². The Morgan fingerprint density at radius 3 is 2.80 bits per heavy atom. The molecule has 0 aromatic carbocycles. The van der Waals surface area contributed by atoms with E-state index in [0.717, 1.165) is 36.3 Å². The fourth-order valence-corrected chi connectivity index (χ4v) is 4.32. The molecule has 0 amide bonds. The van der Waals surface area contributed by atoms with Gasteiger partial charge in [0, 0.05) is 52.9 Å². The summed E-state index contributed by atoms with van der Waals surface area (Å²) in [6.45, 7) is 6.84. The van der Waals surface area contributed by atoms with E-state index in [0.29, 0.717) is 12.4 Å². The largest absolute Gasteiger partial charge is 0.306 e. The van der Waals surface area contributed by atoms with Crippen LogP contribution in [0.25, 0.3) is 11.4 Å². The van der Waals surface area contributed by atoms with E-state index in [1.165, 1.54) is 15.3 Å². The van der Waals surface area contributed by atoms with E-state index in [4.69, 9.17) is 4.98 Å². The summed E-state index contributed by atoms with van der Waals surface area (Å²) in [5.41, 5.74) is 3.95. The zero-order valence-corrected chi connectivity index (χ0v) is 15.2. The van der Waals surface area contributed by atoms with E-state index in [1.54, 1.807) is 12.4 Å². The highest BCUT2D eigenvalue weighted by molar-refractivity contribution is 7.12. The Kier molecular flexibility index (Phi) is 4.23. The van der Waals surface area contributed by atoms with Crippen LogP contribution in [0, 0.1) is 13.8 Å². The highest BCUT2D eigenvalue weighted by Crippen LogP contribution is 2.24. The van der Waals surface area contributed by atoms with Gasteiger partial charge in [0.25, 0.3) is 5.56 Å². The van der Waals surface area contributed by atoms with Gasteiger partial charge in [-0.3, -0.25) is 14.7 Å². The summed E-state index contributed by atoms with van der Waals surface area (Å²) in [5.74, 6) is 0.621. The third kappa shape index (κ3) is 3.27. The van der Waals surface area contributed by atoms with Gasteiger partial charge in [-0.1, -0.05) is 0 Å². The smallest absolute Gasteiger partial charge is 0.254 e. The number of rotatable bonds is 3. The highest BCUT2D eigenvalue weighted by atomic mass is 32.1. The molecule has 1 aliphatic heterocycles. The molecule has 0 radical (unpaired) electrons. The first-order chi connectivity index (χ1) is 12.1. The molecule has 0 aliphatic carbocycles. The quantitative estimate of drug-likeness (QED) is 0.787. The molecule has 3 aromatic heterocycles. The second-order valence-electron chi connectivity index (χ2n) is 6.49. The lowest BCUT2D eigenvalue weighted by molar-refractivity contribution is 0.242. The molecule has 0 spiro atoms. The first kappa shape index (κ1) is 16.2. The molecule has 0 unspecified atom stereocenters. The minimum absolute atomic E-state index is 0.0146. The van der Waals surface area contributed by atoms with Crippen LogP contribution >= 0.6 is 11.3 Å². The number of H-pyrrole nitrogens is 1. The Balaban J connectivity index is 1.61. The summed E-state index contributed by atoms with van der Waals surface area (Å²) in [6, 6.07) is 5.99. The van der Waals surface area contributed by atoms with Crippen molar-refractivity contribution in [3.8, 4) is 11.4 Å². The van der Waals surface area contributed by atoms with E-state index in [-0.39, 0.29) is 5.56 Å². The summed E-state index contributed by atoms with van der Waals surface area (Å²) >= 11 is 1.86. The predicted octanol–water partition coefficient (Wildman–Crippen LogP) is 3.07. The zero-order chi connectivity index (χ0) is 17.4. The fourth-order valence-electron chi connectivity index (χ4n) is 3.22. The van der Waals surface area contributed by atoms with Crippen LogP contribution in [-0.4, -0.2) is 26.4 Å². The van der Waals surface area contributed by atoms with Gasteiger partial charge >= 0.3 is 0 Å². The summed E-state index contributed by atoms with van der Waals surface area (Å²) in [6.07, 6.45) is 4.17. The van der Waals surface area contributed by atoms with Gasteiger partial charge < -0.3 is 4.98 Å². The van der Waals surface area contributed by atoms with Gasteiger partial charge in [0.1, 0.15) is 5.82 Å². The van der Waals surface area contributed by atoms with Crippen LogP contribution in [0.5, 0.6) is 0 Å². The van der Waals surface area contributed by atoms with Crippen molar-refractivity contribution < 1.29 is 0 Å². The van der Waals surface area contributed by atoms with Gasteiger partial charge in [0.15, 0.2) is 0 Å². The minimum atomic E-state index is -0.0146. The molecular formula is C19H20N4OS. The van der Waals surface area contributed by atoms with Gasteiger partial charge in [0.2, 0.25) is 0 Å². The van der Waals surface area contributed by atoms with Crippen molar-refractivity contribution >= 4 is 11.3 Å². The number of aromatic amines is 1. The van der Waals surface area contributed by atoms with Gasteiger partial charge in [-0.05, 0) is 44.0 Å². The van der Waals surface area contributed by atoms with Crippen molar-refractivity contribution in [3.05, 3.63) is 67.5 Å². The van der Waals surface area contributed by atoms with Crippen molar-refractivity contribution in [1.29, 1.82) is 0 Å². The Bertz CT molecular complexity index is 942. The zero-order valence-electron chi connectivity index (χ0n) is 14.4. The third-order valence-corrected chi connectivity index (χ3v) is 5.84. The maximum Gasteiger partial charge on any atom is 0.254 e. The van der Waals surface area contributed by atoms with Gasteiger partial charge in [-0.25, -0.2) is 4.98 Å². The first-order valence-electron chi connectivity index (χ1n) is 8.41. The van der Waals surface area contributed by atoms with Crippen molar-refractivity contribution in [3.63, 3.8) is 0 Å². The van der Waals surface area contributed by atoms with Crippen LogP contribution in [0.4, 0.5) is 0 Å². The van der Waals surface area contributed by atoms with Gasteiger partial charge in [0.05, 0.1) is 5.69 Å². The molecule has 0 atom stereocenters. The lowest BCUT2D eigenvalue weighted by atomic mass is 10.1. The highest BCUT2D eigenvalue weighted by Gasteiger charge is 2.22. The summed E-state index contributed by atoms with van der Waals surface area (Å²) in [7, 11) is 0. The number of nitrogens with zero attached hydrogens (tertiary/aromatic N) is 3. The number of aromatic nitrogens is 3. The number of fused-ring (bicyclic) bond motifs is 1. The van der Waals surface area contributed by atoms with Crippen LogP contribution in [0.3, 0.4) is 0 Å². The van der Waals surface area contributed by atoms with E-state index in [2.05, 4.69) is 34.8 Å². The Morgan fingerprint density at radius 2 is 2.08 bits per heavy atom. The Labute approximate surface area is 150 Å². The van der Waals surface area contributed by atoms with Crippen LogP contribution in [0.2, 0.25) is 0 Å². The molecule has 6 heteroatoms. The number of nitrogens with one attached hydrogen (secondary N) is 1. The van der Waals surface area contributed by atoms with Crippen LogP contribution in [0.15, 0.2) is 35.4 Å². The molecular weight excluding hydrogens is 332 g/mol. The predicted molar refractivity (Wildman–Crippen MR) is 99.7 cm³/mol. The second kappa shape index (κ2) is 6.54. The molecule has 4 rings (SSSR count). The summed E-state index contributed by atoms with van der Waals surface area (Å²) in [5, 5.41) is 0. The second-order valence-corrected chi connectivity index (χ2v) is 7.83. The lowest BCUT2D eigenvalue weighted by Crippen LogP contribution is -2.34. The monoisotopic (exact) mass is 352 g/mol. The van der Waals surface area contributed by atoms with Crippen LogP contribution < -0.4 is 5.56 Å². The topological polar surface area (TPSA) is 61.9 Å². The minimum Gasteiger partial charge on any atom is -0.306 e. The summed E-state index contributed by atoms with van der Waals surface area (Å²) < 4.78 is 0. The molecule has 1 N–H and O–H groups in total. The van der Waals surface area contributed by atoms with E-state index >= 15 is 0 Å².